The first-order valence-electron chi connectivity index (χ1n) is 9.34. The molecule has 1 fully saturated rings. The summed E-state index contributed by atoms with van der Waals surface area (Å²) in [5.74, 6) is 1.11. The molecule has 0 radical (unpaired) electrons. The molecule has 1 amide bonds. The molecule has 0 N–H and O–H groups in total. The quantitative estimate of drug-likeness (QED) is 0.693. The lowest BCUT2D eigenvalue weighted by atomic mass is 9.94. The van der Waals surface area contributed by atoms with Gasteiger partial charge in [-0.1, -0.05) is 6.92 Å². The van der Waals surface area contributed by atoms with Gasteiger partial charge in [-0.05, 0) is 18.1 Å². The molecule has 0 aromatic carbocycles. The minimum Gasteiger partial charge on any atom is -0.453 e. The van der Waals surface area contributed by atoms with Crippen LogP contribution >= 0.6 is 0 Å². The van der Waals surface area contributed by atoms with Crippen molar-refractivity contribution in [2.75, 3.05) is 32.1 Å². The van der Waals surface area contributed by atoms with E-state index in [2.05, 4.69) is 32.8 Å². The van der Waals surface area contributed by atoms with Crippen molar-refractivity contribution in [2.24, 2.45) is 7.05 Å². The Balaban J connectivity index is 1.58. The molecular weight excluding hydrogens is 356 g/mol. The van der Waals surface area contributed by atoms with Crippen molar-refractivity contribution < 1.29 is 9.53 Å². The normalized spacial score (nSPS) is 14.2. The van der Waals surface area contributed by atoms with E-state index < -0.39 is 0 Å². The second kappa shape index (κ2) is 7.10. The number of fused-ring (bicyclic) bond motifs is 1. The first-order chi connectivity index (χ1) is 13.5. The van der Waals surface area contributed by atoms with Gasteiger partial charge in [0.1, 0.15) is 11.3 Å². The summed E-state index contributed by atoms with van der Waals surface area (Å²) in [7, 11) is 5.39. The minimum atomic E-state index is -0.278. The number of rotatable bonds is 4. The van der Waals surface area contributed by atoms with Crippen molar-refractivity contribution in [1.29, 1.82) is 0 Å². The number of hydrogen-bond donors (Lipinski definition) is 0. The fraction of sp³-hybridized carbons (Fsp3) is 0.400. The lowest BCUT2D eigenvalue weighted by Gasteiger charge is -2.37. The number of aromatic nitrogens is 4. The standard InChI is InChI=1S/C20H24N6O2/c1-5-13-6-15(14-10-26(11-14)20(27)28-4)21-9-18(13)25(3)19-7-17-16(8-22-19)23-12-24(17)2/h6-9,12,14H,5,10-11H2,1-4H3. The van der Waals surface area contributed by atoms with Gasteiger partial charge in [0.2, 0.25) is 0 Å². The molecule has 0 spiro atoms. The number of ether oxygens (including phenoxy) is 1. The first kappa shape index (κ1) is 18.2. The zero-order valence-electron chi connectivity index (χ0n) is 16.6. The molecule has 1 aliphatic heterocycles. The van der Waals surface area contributed by atoms with Gasteiger partial charge in [0, 0.05) is 44.9 Å². The average molecular weight is 380 g/mol. The molecular formula is C20H24N6O2. The lowest BCUT2D eigenvalue weighted by molar-refractivity contribution is 0.0872. The molecule has 28 heavy (non-hydrogen) atoms. The van der Waals surface area contributed by atoms with Crippen molar-refractivity contribution in [2.45, 2.75) is 19.3 Å². The highest BCUT2D eigenvalue weighted by Crippen LogP contribution is 2.32. The summed E-state index contributed by atoms with van der Waals surface area (Å²) in [6.07, 6.45) is 6.10. The molecule has 146 valence electrons. The summed E-state index contributed by atoms with van der Waals surface area (Å²) in [6.45, 7) is 3.43. The third-order valence-corrected chi connectivity index (χ3v) is 5.40. The average Bonchev–Trinajstić information content (AvgIpc) is 3.06. The molecule has 3 aromatic rings. The molecule has 4 heterocycles. The van der Waals surface area contributed by atoms with Crippen molar-refractivity contribution >= 4 is 28.6 Å². The third-order valence-electron chi connectivity index (χ3n) is 5.40. The third kappa shape index (κ3) is 3.04. The number of likely N-dealkylation sites (tertiary alicyclic amines) is 1. The Bertz CT molecular complexity index is 1020. The highest BCUT2D eigenvalue weighted by atomic mass is 16.5. The Labute approximate surface area is 163 Å². The largest absolute Gasteiger partial charge is 0.453 e. The number of aryl methyl sites for hydroxylation is 2. The van der Waals surface area contributed by atoms with Crippen LogP contribution in [0.3, 0.4) is 0 Å². The van der Waals surface area contributed by atoms with E-state index in [1.54, 1.807) is 17.4 Å². The second-order valence-electron chi connectivity index (χ2n) is 7.11. The number of carbonyl (C=O) groups excluding carboxylic acids is 1. The van der Waals surface area contributed by atoms with E-state index in [1.165, 1.54) is 12.7 Å². The van der Waals surface area contributed by atoms with Gasteiger partial charge in [-0.3, -0.25) is 4.98 Å². The van der Waals surface area contributed by atoms with Gasteiger partial charge in [-0.2, -0.15) is 0 Å². The Morgan fingerprint density at radius 3 is 2.75 bits per heavy atom. The Kier molecular flexibility index (Phi) is 4.62. The van der Waals surface area contributed by atoms with Crippen molar-refractivity contribution in [3.8, 4) is 0 Å². The Morgan fingerprint density at radius 2 is 2.04 bits per heavy atom. The van der Waals surface area contributed by atoms with E-state index in [-0.39, 0.29) is 12.0 Å². The monoisotopic (exact) mass is 380 g/mol. The van der Waals surface area contributed by atoms with Crippen molar-refractivity contribution in [1.82, 2.24) is 24.4 Å². The van der Waals surface area contributed by atoms with Gasteiger partial charge in [-0.25, -0.2) is 14.8 Å². The van der Waals surface area contributed by atoms with Crippen LogP contribution in [0.1, 0.15) is 24.1 Å². The summed E-state index contributed by atoms with van der Waals surface area (Å²) >= 11 is 0. The molecule has 1 saturated heterocycles. The zero-order chi connectivity index (χ0) is 19.8. The van der Waals surface area contributed by atoms with Crippen LogP contribution in [0.15, 0.2) is 30.9 Å². The summed E-state index contributed by atoms with van der Waals surface area (Å²) in [5.41, 5.74) is 5.17. The van der Waals surface area contributed by atoms with Crippen LogP contribution in [0.2, 0.25) is 0 Å². The maximum Gasteiger partial charge on any atom is 0.409 e. The number of anilines is 2. The number of methoxy groups -OCH3 is 1. The summed E-state index contributed by atoms with van der Waals surface area (Å²) in [6, 6.07) is 4.18. The Morgan fingerprint density at radius 1 is 1.25 bits per heavy atom. The SMILES string of the molecule is CCc1cc(C2CN(C(=O)OC)C2)ncc1N(C)c1cc2c(cn1)ncn2C. The molecule has 0 bridgehead atoms. The maximum atomic E-state index is 11.6. The Hall–Kier alpha value is -3.16. The van der Waals surface area contributed by atoms with Gasteiger partial charge < -0.3 is 19.1 Å². The first-order valence-corrected chi connectivity index (χ1v) is 9.34. The van der Waals surface area contributed by atoms with Crippen LogP contribution < -0.4 is 4.90 Å². The van der Waals surface area contributed by atoms with E-state index in [1.807, 2.05) is 30.9 Å². The summed E-state index contributed by atoms with van der Waals surface area (Å²) in [5, 5.41) is 0. The van der Waals surface area contributed by atoms with Crippen LogP contribution in [0.5, 0.6) is 0 Å². The van der Waals surface area contributed by atoms with Gasteiger partial charge >= 0.3 is 6.09 Å². The number of carbonyl (C=O) groups is 1. The topological polar surface area (TPSA) is 76.4 Å². The molecule has 1 aliphatic rings. The van der Waals surface area contributed by atoms with Crippen LogP contribution in [0.25, 0.3) is 11.0 Å². The number of pyridine rings is 2. The molecule has 8 nitrogen and oxygen atoms in total. The lowest BCUT2D eigenvalue weighted by Crippen LogP contribution is -2.48. The molecule has 0 saturated carbocycles. The summed E-state index contributed by atoms with van der Waals surface area (Å²) in [4.78, 5) is 28.9. The van der Waals surface area contributed by atoms with Crippen molar-refractivity contribution in [3.63, 3.8) is 0 Å². The van der Waals surface area contributed by atoms with E-state index in [0.29, 0.717) is 13.1 Å². The molecule has 0 aliphatic carbocycles. The van der Waals surface area contributed by atoms with Crippen LogP contribution in [0.4, 0.5) is 16.3 Å². The number of nitrogens with zero attached hydrogens (tertiary/aromatic N) is 6. The molecule has 0 unspecified atom stereocenters. The van der Waals surface area contributed by atoms with Gasteiger partial charge in [-0.15, -0.1) is 0 Å². The van der Waals surface area contributed by atoms with Crippen molar-refractivity contribution in [3.05, 3.63) is 42.1 Å². The van der Waals surface area contributed by atoms with Crippen LogP contribution in [-0.2, 0) is 18.2 Å². The molecule has 3 aromatic heterocycles. The number of hydrogen-bond acceptors (Lipinski definition) is 6. The highest BCUT2D eigenvalue weighted by Gasteiger charge is 2.33. The van der Waals surface area contributed by atoms with Crippen LogP contribution in [0, 0.1) is 0 Å². The fourth-order valence-electron chi connectivity index (χ4n) is 3.59. The smallest absolute Gasteiger partial charge is 0.409 e. The zero-order valence-corrected chi connectivity index (χ0v) is 16.6. The van der Waals surface area contributed by atoms with E-state index in [4.69, 9.17) is 4.74 Å². The van der Waals surface area contributed by atoms with E-state index in [0.717, 1.165) is 34.7 Å². The predicted octanol–water partition coefficient (Wildman–Crippen LogP) is 2.86. The highest BCUT2D eigenvalue weighted by molar-refractivity contribution is 5.79. The number of imidazole rings is 1. The molecule has 4 rings (SSSR count). The van der Waals surface area contributed by atoms with Gasteiger partial charge in [0.15, 0.2) is 0 Å². The van der Waals surface area contributed by atoms with Gasteiger partial charge in [0.05, 0.1) is 37.0 Å². The van der Waals surface area contributed by atoms with Gasteiger partial charge in [0.25, 0.3) is 0 Å². The fourth-order valence-corrected chi connectivity index (χ4v) is 3.59. The molecule has 0 atom stereocenters. The maximum absolute atomic E-state index is 11.6. The second-order valence-corrected chi connectivity index (χ2v) is 7.11. The predicted molar refractivity (Wildman–Crippen MR) is 107 cm³/mol. The van der Waals surface area contributed by atoms with E-state index in [9.17, 15) is 4.79 Å². The van der Waals surface area contributed by atoms with Crippen LogP contribution in [-0.4, -0.2) is 57.8 Å². The molecule has 8 heteroatoms. The van der Waals surface area contributed by atoms with E-state index >= 15 is 0 Å². The summed E-state index contributed by atoms with van der Waals surface area (Å²) < 4.78 is 6.75. The minimum absolute atomic E-state index is 0.257. The number of amides is 1.